The molecule has 1 atom stereocenters. The van der Waals surface area contributed by atoms with Crippen LogP contribution in [-0.2, 0) is 20.9 Å². The number of amides is 3. The zero-order chi connectivity index (χ0) is 27.2. The van der Waals surface area contributed by atoms with E-state index < -0.39 is 24.0 Å². The van der Waals surface area contributed by atoms with Crippen molar-refractivity contribution in [1.82, 2.24) is 20.9 Å². The Balaban J connectivity index is 1.48. The molecule has 1 heterocycles. The minimum absolute atomic E-state index is 0.0952. The van der Waals surface area contributed by atoms with E-state index in [1.54, 1.807) is 6.07 Å². The Morgan fingerprint density at radius 2 is 1.61 bits per heavy atom. The highest BCUT2D eigenvalue weighted by Gasteiger charge is 2.22. The summed E-state index contributed by atoms with van der Waals surface area (Å²) >= 11 is 0. The molecular formula is C28H34N4O6. The van der Waals surface area contributed by atoms with Gasteiger partial charge in [0.2, 0.25) is 5.91 Å². The molecule has 0 fully saturated rings. The molecule has 38 heavy (non-hydrogen) atoms. The van der Waals surface area contributed by atoms with Crippen molar-refractivity contribution in [2.24, 2.45) is 0 Å². The molecule has 3 aromatic rings. The van der Waals surface area contributed by atoms with E-state index in [9.17, 15) is 19.2 Å². The van der Waals surface area contributed by atoms with Crippen LogP contribution in [-0.4, -0.2) is 53.1 Å². The standard InChI is InChI=1S/C28H34N4O6/c33-25(34)15-5-2-8-16-29-26(35)23(32-27(36)24-18-21-12-6-7-13-22(21)31-24)14-9-17-30-28(37)38-19-20-10-3-1-4-11-20/h1,3-4,6-7,10-13,18,23,31H,2,5,8-9,14-17,19H2,(H,29,35)(H,30,37)(H,32,36)(H,33,34)/t23-/m0/s1. The van der Waals surface area contributed by atoms with E-state index in [-0.39, 0.29) is 25.5 Å². The van der Waals surface area contributed by atoms with Crippen LogP contribution >= 0.6 is 0 Å². The highest BCUT2D eigenvalue weighted by molar-refractivity contribution is 6.00. The number of carboxylic acid groups (broad SMARTS) is 1. The number of benzene rings is 2. The van der Waals surface area contributed by atoms with E-state index >= 15 is 0 Å². The van der Waals surface area contributed by atoms with Gasteiger partial charge in [-0.3, -0.25) is 14.4 Å². The van der Waals surface area contributed by atoms with Crippen molar-refractivity contribution in [2.75, 3.05) is 13.1 Å². The zero-order valence-electron chi connectivity index (χ0n) is 21.2. The Bertz CT molecular complexity index is 1180. The number of carboxylic acids is 1. The van der Waals surface area contributed by atoms with Crippen molar-refractivity contribution < 1.29 is 29.0 Å². The van der Waals surface area contributed by atoms with Crippen LogP contribution in [0.1, 0.15) is 54.6 Å². The fraction of sp³-hybridized carbons (Fsp3) is 0.357. The van der Waals surface area contributed by atoms with Crippen LogP contribution in [0.25, 0.3) is 10.9 Å². The number of aliphatic carboxylic acids is 1. The van der Waals surface area contributed by atoms with E-state index in [1.165, 1.54) is 0 Å². The lowest BCUT2D eigenvalue weighted by atomic mass is 10.1. The van der Waals surface area contributed by atoms with Crippen LogP contribution < -0.4 is 16.0 Å². The van der Waals surface area contributed by atoms with E-state index in [0.29, 0.717) is 44.3 Å². The molecule has 0 unspecified atom stereocenters. The molecule has 5 N–H and O–H groups in total. The van der Waals surface area contributed by atoms with Crippen LogP contribution in [0, 0.1) is 0 Å². The third-order valence-corrected chi connectivity index (χ3v) is 5.91. The number of fused-ring (bicyclic) bond motifs is 1. The monoisotopic (exact) mass is 522 g/mol. The molecule has 0 radical (unpaired) electrons. The molecule has 0 saturated heterocycles. The summed E-state index contributed by atoms with van der Waals surface area (Å²) in [5.41, 5.74) is 2.04. The number of nitrogens with one attached hydrogen (secondary N) is 4. The number of rotatable bonds is 15. The number of para-hydroxylation sites is 1. The Hall–Kier alpha value is -4.34. The number of unbranched alkanes of at least 4 members (excludes halogenated alkanes) is 2. The first-order valence-electron chi connectivity index (χ1n) is 12.7. The third-order valence-electron chi connectivity index (χ3n) is 5.91. The Morgan fingerprint density at radius 1 is 0.868 bits per heavy atom. The van der Waals surface area contributed by atoms with Gasteiger partial charge < -0.3 is 30.8 Å². The Morgan fingerprint density at radius 3 is 2.37 bits per heavy atom. The van der Waals surface area contributed by atoms with E-state index in [1.807, 2.05) is 54.6 Å². The quantitative estimate of drug-likeness (QED) is 0.192. The summed E-state index contributed by atoms with van der Waals surface area (Å²) in [5.74, 6) is -1.58. The zero-order valence-corrected chi connectivity index (χ0v) is 21.2. The number of H-pyrrole nitrogens is 1. The molecule has 3 amide bonds. The van der Waals surface area contributed by atoms with E-state index in [2.05, 4.69) is 20.9 Å². The minimum atomic E-state index is -0.841. The number of hydrogen-bond acceptors (Lipinski definition) is 5. The van der Waals surface area contributed by atoms with Crippen LogP contribution in [0.15, 0.2) is 60.7 Å². The van der Waals surface area contributed by atoms with Gasteiger partial charge in [-0.2, -0.15) is 0 Å². The van der Waals surface area contributed by atoms with Crippen molar-refractivity contribution in [3.05, 3.63) is 71.9 Å². The fourth-order valence-electron chi connectivity index (χ4n) is 3.88. The second-order valence-corrected chi connectivity index (χ2v) is 8.92. The van der Waals surface area contributed by atoms with Crippen molar-refractivity contribution in [1.29, 1.82) is 0 Å². The lowest BCUT2D eigenvalue weighted by molar-refractivity contribution is -0.137. The predicted molar refractivity (Wildman–Crippen MR) is 143 cm³/mol. The second kappa shape index (κ2) is 15.0. The number of ether oxygens (including phenoxy) is 1. The summed E-state index contributed by atoms with van der Waals surface area (Å²) < 4.78 is 5.19. The van der Waals surface area contributed by atoms with Crippen molar-refractivity contribution in [2.45, 2.75) is 51.2 Å². The number of carbonyl (C=O) groups excluding carboxylic acids is 3. The number of carbonyl (C=O) groups is 4. The predicted octanol–water partition coefficient (Wildman–Crippen LogP) is 3.73. The first-order valence-corrected chi connectivity index (χ1v) is 12.7. The molecule has 10 heteroatoms. The van der Waals surface area contributed by atoms with Crippen molar-refractivity contribution >= 4 is 34.8 Å². The summed E-state index contributed by atoms with van der Waals surface area (Å²) in [6.07, 6.45) is 2.12. The molecule has 0 spiro atoms. The lowest BCUT2D eigenvalue weighted by Gasteiger charge is -2.18. The molecule has 1 aromatic heterocycles. The maximum atomic E-state index is 12.9. The van der Waals surface area contributed by atoms with Gasteiger partial charge in [0.1, 0.15) is 18.3 Å². The smallest absolute Gasteiger partial charge is 0.407 e. The van der Waals surface area contributed by atoms with Crippen molar-refractivity contribution in [3.8, 4) is 0 Å². The summed E-state index contributed by atoms with van der Waals surface area (Å²) in [4.78, 5) is 51.4. The normalized spacial score (nSPS) is 11.5. The molecule has 0 saturated carbocycles. The Kier molecular flexibility index (Phi) is 11.2. The lowest BCUT2D eigenvalue weighted by Crippen LogP contribution is -2.47. The molecule has 0 aliphatic heterocycles. The molecule has 202 valence electrons. The van der Waals surface area contributed by atoms with E-state index in [4.69, 9.17) is 9.84 Å². The first-order chi connectivity index (χ1) is 18.4. The first kappa shape index (κ1) is 28.2. The van der Waals surface area contributed by atoms with Crippen LogP contribution in [0.5, 0.6) is 0 Å². The average Bonchev–Trinajstić information content (AvgIpc) is 3.36. The number of hydrogen-bond donors (Lipinski definition) is 5. The Labute approximate surface area is 221 Å². The minimum Gasteiger partial charge on any atom is -0.481 e. The topological polar surface area (TPSA) is 150 Å². The maximum absolute atomic E-state index is 12.9. The van der Waals surface area contributed by atoms with Gasteiger partial charge in [0.15, 0.2) is 0 Å². The van der Waals surface area contributed by atoms with Gasteiger partial charge in [0.25, 0.3) is 5.91 Å². The second-order valence-electron chi connectivity index (χ2n) is 8.92. The van der Waals surface area contributed by atoms with Gasteiger partial charge >= 0.3 is 12.1 Å². The van der Waals surface area contributed by atoms with Gasteiger partial charge in [-0.1, -0.05) is 55.0 Å². The average molecular weight is 523 g/mol. The van der Waals surface area contributed by atoms with Gasteiger partial charge in [0.05, 0.1) is 0 Å². The number of aromatic nitrogens is 1. The summed E-state index contributed by atoms with van der Waals surface area (Å²) in [6.45, 7) is 0.806. The largest absolute Gasteiger partial charge is 0.481 e. The van der Waals surface area contributed by atoms with E-state index in [0.717, 1.165) is 16.5 Å². The van der Waals surface area contributed by atoms with Crippen LogP contribution in [0.2, 0.25) is 0 Å². The molecule has 0 bridgehead atoms. The number of alkyl carbamates (subject to hydrolysis) is 1. The van der Waals surface area contributed by atoms with Crippen molar-refractivity contribution in [3.63, 3.8) is 0 Å². The summed E-state index contributed by atoms with van der Waals surface area (Å²) in [6, 6.07) is 17.7. The van der Waals surface area contributed by atoms with Gasteiger partial charge in [-0.25, -0.2) is 4.79 Å². The van der Waals surface area contributed by atoms with Gasteiger partial charge in [-0.05, 0) is 43.4 Å². The molecule has 0 aliphatic carbocycles. The maximum Gasteiger partial charge on any atom is 0.407 e. The molecule has 2 aromatic carbocycles. The van der Waals surface area contributed by atoms with Crippen LogP contribution in [0.4, 0.5) is 4.79 Å². The fourth-order valence-corrected chi connectivity index (χ4v) is 3.88. The summed E-state index contributed by atoms with van der Waals surface area (Å²) in [7, 11) is 0. The molecular weight excluding hydrogens is 488 g/mol. The van der Waals surface area contributed by atoms with Gasteiger partial charge in [0, 0.05) is 30.4 Å². The highest BCUT2D eigenvalue weighted by atomic mass is 16.5. The third kappa shape index (κ3) is 9.61. The molecule has 10 nitrogen and oxygen atoms in total. The number of aromatic amines is 1. The SMILES string of the molecule is O=C(O)CCCCCNC(=O)[C@H](CCCNC(=O)OCc1ccccc1)NC(=O)c1cc2ccccc2[nH]1. The molecule has 0 aliphatic rings. The van der Waals surface area contributed by atoms with Gasteiger partial charge in [-0.15, -0.1) is 0 Å². The summed E-state index contributed by atoms with van der Waals surface area (Å²) in [5, 5.41) is 17.9. The highest BCUT2D eigenvalue weighted by Crippen LogP contribution is 2.15. The van der Waals surface area contributed by atoms with Crippen LogP contribution in [0.3, 0.4) is 0 Å². The molecule has 3 rings (SSSR count).